The van der Waals surface area contributed by atoms with E-state index in [-0.39, 0.29) is 5.91 Å². The fourth-order valence-corrected chi connectivity index (χ4v) is 2.08. The fourth-order valence-electron chi connectivity index (χ4n) is 1.38. The predicted octanol–water partition coefficient (Wildman–Crippen LogP) is 2.01. The molecule has 1 aliphatic carbocycles. The lowest BCUT2D eigenvalue weighted by Gasteiger charge is -2.17. The van der Waals surface area contributed by atoms with Crippen LogP contribution in [0.1, 0.15) is 12.8 Å². The van der Waals surface area contributed by atoms with Crippen LogP contribution in [0, 0.1) is 16.7 Å². The van der Waals surface area contributed by atoms with Gasteiger partial charge in [-0.2, -0.15) is 5.26 Å². The van der Waals surface area contributed by atoms with Gasteiger partial charge in [-0.1, -0.05) is 0 Å². The van der Waals surface area contributed by atoms with Crippen LogP contribution in [0.4, 0.5) is 5.00 Å². The molecular formula is C10H10N2OS. The SMILES string of the molecule is CN(C(=O)C1(C#N)CC1)c1cccs1. The molecule has 2 rings (SSSR count). The van der Waals surface area contributed by atoms with Crippen LogP contribution in [-0.4, -0.2) is 13.0 Å². The molecule has 1 fully saturated rings. The third-order valence-corrected chi connectivity index (χ3v) is 3.46. The molecular weight excluding hydrogens is 196 g/mol. The number of nitrogens with zero attached hydrogens (tertiary/aromatic N) is 2. The van der Waals surface area contributed by atoms with E-state index < -0.39 is 5.41 Å². The lowest BCUT2D eigenvalue weighted by Crippen LogP contribution is -2.32. The summed E-state index contributed by atoms with van der Waals surface area (Å²) in [6.45, 7) is 0. The summed E-state index contributed by atoms with van der Waals surface area (Å²) >= 11 is 1.51. The first-order valence-corrected chi connectivity index (χ1v) is 5.30. The molecule has 0 saturated heterocycles. The third-order valence-electron chi connectivity index (χ3n) is 2.51. The smallest absolute Gasteiger partial charge is 0.247 e. The van der Waals surface area contributed by atoms with Gasteiger partial charge < -0.3 is 4.90 Å². The van der Waals surface area contributed by atoms with Gasteiger partial charge in [-0.05, 0) is 30.4 Å². The maximum absolute atomic E-state index is 11.9. The van der Waals surface area contributed by atoms with Crippen molar-refractivity contribution in [1.82, 2.24) is 0 Å². The normalized spacial score (nSPS) is 17.1. The number of anilines is 1. The average molecular weight is 206 g/mol. The largest absolute Gasteiger partial charge is 0.306 e. The lowest BCUT2D eigenvalue weighted by atomic mass is 10.1. The molecule has 1 heterocycles. The molecule has 1 aromatic heterocycles. The van der Waals surface area contributed by atoms with Gasteiger partial charge in [-0.15, -0.1) is 11.3 Å². The highest BCUT2D eigenvalue weighted by Gasteiger charge is 2.52. The second kappa shape index (κ2) is 3.10. The zero-order valence-electron chi connectivity index (χ0n) is 7.86. The highest BCUT2D eigenvalue weighted by Crippen LogP contribution is 2.47. The number of thiophene rings is 1. The molecule has 1 aliphatic rings. The first-order valence-electron chi connectivity index (χ1n) is 4.42. The van der Waals surface area contributed by atoms with E-state index in [1.54, 1.807) is 11.9 Å². The zero-order chi connectivity index (χ0) is 10.2. The van der Waals surface area contributed by atoms with E-state index in [4.69, 9.17) is 5.26 Å². The Morgan fingerprint density at radius 1 is 1.71 bits per heavy atom. The van der Waals surface area contributed by atoms with Gasteiger partial charge in [-0.25, -0.2) is 0 Å². The number of hydrogen-bond donors (Lipinski definition) is 0. The Morgan fingerprint density at radius 3 is 2.86 bits per heavy atom. The molecule has 1 aromatic rings. The molecule has 0 N–H and O–H groups in total. The first kappa shape index (κ1) is 9.22. The standard InChI is InChI=1S/C10H10N2OS/c1-12(8-3-2-6-14-8)9(13)10(7-11)4-5-10/h2-3,6H,4-5H2,1H3. The molecule has 0 aromatic carbocycles. The molecule has 14 heavy (non-hydrogen) atoms. The van der Waals surface area contributed by atoms with E-state index in [1.165, 1.54) is 11.3 Å². The zero-order valence-corrected chi connectivity index (χ0v) is 8.67. The summed E-state index contributed by atoms with van der Waals surface area (Å²) in [5, 5.41) is 11.7. The third kappa shape index (κ3) is 1.30. The van der Waals surface area contributed by atoms with Crippen molar-refractivity contribution in [3.63, 3.8) is 0 Å². The fraction of sp³-hybridized carbons (Fsp3) is 0.400. The van der Waals surface area contributed by atoms with Crippen molar-refractivity contribution in [1.29, 1.82) is 5.26 Å². The lowest BCUT2D eigenvalue weighted by molar-refractivity contribution is -0.121. The minimum atomic E-state index is -0.710. The van der Waals surface area contributed by atoms with Gasteiger partial charge >= 0.3 is 0 Å². The molecule has 0 aliphatic heterocycles. The van der Waals surface area contributed by atoms with Crippen LogP contribution in [0.25, 0.3) is 0 Å². The van der Waals surface area contributed by atoms with Crippen molar-refractivity contribution in [2.45, 2.75) is 12.8 Å². The molecule has 1 saturated carbocycles. The Hall–Kier alpha value is -1.34. The quantitative estimate of drug-likeness (QED) is 0.743. The summed E-state index contributed by atoms with van der Waals surface area (Å²) in [4.78, 5) is 13.5. The molecule has 0 atom stereocenters. The minimum Gasteiger partial charge on any atom is -0.306 e. The molecule has 1 amide bonds. The van der Waals surface area contributed by atoms with E-state index >= 15 is 0 Å². The Labute approximate surface area is 86.6 Å². The number of hydrogen-bond acceptors (Lipinski definition) is 3. The number of nitriles is 1. The van der Waals surface area contributed by atoms with Crippen LogP contribution in [-0.2, 0) is 4.79 Å². The van der Waals surface area contributed by atoms with Gasteiger partial charge in [0.1, 0.15) is 5.41 Å². The summed E-state index contributed by atoms with van der Waals surface area (Å²) in [6.07, 6.45) is 1.41. The molecule has 3 nitrogen and oxygen atoms in total. The van der Waals surface area contributed by atoms with Crippen LogP contribution >= 0.6 is 11.3 Å². The van der Waals surface area contributed by atoms with Crippen molar-refractivity contribution >= 4 is 22.2 Å². The second-order valence-corrected chi connectivity index (χ2v) is 4.44. The van der Waals surface area contributed by atoms with Crippen molar-refractivity contribution in [2.24, 2.45) is 5.41 Å². The number of amides is 1. The maximum atomic E-state index is 11.9. The van der Waals surface area contributed by atoms with Crippen LogP contribution in [0.5, 0.6) is 0 Å². The Kier molecular flexibility index (Phi) is 2.05. The monoisotopic (exact) mass is 206 g/mol. The van der Waals surface area contributed by atoms with E-state index in [1.807, 2.05) is 17.5 Å². The van der Waals surface area contributed by atoms with E-state index in [0.717, 1.165) is 5.00 Å². The van der Waals surface area contributed by atoms with E-state index in [0.29, 0.717) is 12.8 Å². The van der Waals surface area contributed by atoms with Crippen molar-refractivity contribution in [2.75, 3.05) is 11.9 Å². The second-order valence-electron chi connectivity index (χ2n) is 3.51. The number of rotatable bonds is 2. The average Bonchev–Trinajstić information content (AvgIpc) is 2.82. The summed E-state index contributed by atoms with van der Waals surface area (Å²) in [5.41, 5.74) is -0.710. The van der Waals surface area contributed by atoms with Crippen LogP contribution in [0.3, 0.4) is 0 Å². The molecule has 0 radical (unpaired) electrons. The predicted molar refractivity (Wildman–Crippen MR) is 55.0 cm³/mol. The highest BCUT2D eigenvalue weighted by molar-refractivity contribution is 7.14. The Balaban J connectivity index is 2.18. The maximum Gasteiger partial charge on any atom is 0.247 e. The molecule has 4 heteroatoms. The summed E-state index contributed by atoms with van der Waals surface area (Å²) < 4.78 is 0. The van der Waals surface area contributed by atoms with E-state index in [2.05, 4.69) is 6.07 Å². The molecule has 0 spiro atoms. The van der Waals surface area contributed by atoms with Crippen LogP contribution in [0.15, 0.2) is 17.5 Å². The Morgan fingerprint density at radius 2 is 2.43 bits per heavy atom. The van der Waals surface area contributed by atoms with Crippen molar-refractivity contribution < 1.29 is 4.79 Å². The van der Waals surface area contributed by atoms with Gasteiger partial charge in [0.25, 0.3) is 0 Å². The van der Waals surface area contributed by atoms with Gasteiger partial charge in [0.15, 0.2) is 0 Å². The van der Waals surface area contributed by atoms with Gasteiger partial charge in [0.05, 0.1) is 11.1 Å². The summed E-state index contributed by atoms with van der Waals surface area (Å²) in [6, 6.07) is 5.89. The molecule has 0 bridgehead atoms. The summed E-state index contributed by atoms with van der Waals surface area (Å²) in [7, 11) is 1.73. The number of carbonyl (C=O) groups is 1. The molecule has 72 valence electrons. The van der Waals surface area contributed by atoms with Gasteiger partial charge in [0.2, 0.25) is 5.91 Å². The Bertz CT molecular complexity index is 387. The number of carbonyl (C=O) groups excluding carboxylic acids is 1. The minimum absolute atomic E-state index is 0.0672. The van der Waals surface area contributed by atoms with Gasteiger partial charge in [-0.3, -0.25) is 4.79 Å². The van der Waals surface area contributed by atoms with E-state index in [9.17, 15) is 4.79 Å². The van der Waals surface area contributed by atoms with Crippen LogP contribution < -0.4 is 4.90 Å². The first-order chi connectivity index (χ1) is 6.69. The van der Waals surface area contributed by atoms with Crippen molar-refractivity contribution in [3.05, 3.63) is 17.5 Å². The van der Waals surface area contributed by atoms with Gasteiger partial charge in [0, 0.05) is 7.05 Å². The highest BCUT2D eigenvalue weighted by atomic mass is 32.1. The van der Waals surface area contributed by atoms with Crippen LogP contribution in [0.2, 0.25) is 0 Å². The van der Waals surface area contributed by atoms with Crippen molar-refractivity contribution in [3.8, 4) is 6.07 Å². The molecule has 0 unspecified atom stereocenters. The summed E-state index contributed by atoms with van der Waals surface area (Å²) in [5.74, 6) is -0.0672. The topological polar surface area (TPSA) is 44.1 Å².